The first kappa shape index (κ1) is 16.6. The van der Waals surface area contributed by atoms with Crippen molar-refractivity contribution in [2.45, 2.75) is 13.3 Å². The predicted molar refractivity (Wildman–Crippen MR) is 82.4 cm³/mol. The number of amides is 1. The van der Waals surface area contributed by atoms with E-state index in [4.69, 9.17) is 0 Å². The van der Waals surface area contributed by atoms with E-state index in [0.717, 1.165) is 5.56 Å². The number of thiophene rings is 1. The van der Waals surface area contributed by atoms with Crippen LogP contribution in [0, 0.1) is 17.2 Å². The van der Waals surface area contributed by atoms with Crippen LogP contribution in [0.2, 0.25) is 0 Å². The maximum atomic E-state index is 12.5. The lowest BCUT2D eigenvalue weighted by atomic mass is 10.00. The van der Waals surface area contributed by atoms with Gasteiger partial charge in [-0.15, -0.1) is 11.3 Å². The Labute approximate surface area is 133 Å². The third kappa shape index (κ3) is 3.36. The molecule has 2 rings (SSSR count). The highest BCUT2D eigenvalue weighted by atomic mass is 32.2. The molecule has 2 heterocycles. The third-order valence-electron chi connectivity index (χ3n) is 3.65. The van der Waals surface area contributed by atoms with Crippen LogP contribution in [0.5, 0.6) is 0 Å². The normalized spacial score (nSPS) is 18.5. The smallest absolute Gasteiger partial charge is 0.248 e. The summed E-state index contributed by atoms with van der Waals surface area (Å²) in [6.07, 6.45) is 0.652. The van der Waals surface area contributed by atoms with Gasteiger partial charge in [0.05, 0.1) is 22.5 Å². The van der Waals surface area contributed by atoms with Gasteiger partial charge in [-0.1, -0.05) is 6.92 Å². The van der Waals surface area contributed by atoms with Gasteiger partial charge in [0.1, 0.15) is 0 Å². The number of carbonyl (C=O) groups excluding carboxylic acids is 2. The number of aryl methyl sites for hydroxylation is 1. The largest absolute Gasteiger partial charge is 0.339 e. The first-order valence-corrected chi connectivity index (χ1v) is 9.59. The number of hydrogen-bond donors (Lipinski definition) is 0. The summed E-state index contributed by atoms with van der Waals surface area (Å²) < 4.78 is 22.8. The molecule has 22 heavy (non-hydrogen) atoms. The molecule has 1 aromatic heterocycles. The fraction of sp³-hybridized carbons (Fsp3) is 0.500. The topological polar surface area (TPSA) is 95.3 Å². The molecule has 1 aliphatic heterocycles. The van der Waals surface area contributed by atoms with E-state index in [1.807, 2.05) is 13.0 Å². The van der Waals surface area contributed by atoms with Crippen molar-refractivity contribution in [2.24, 2.45) is 5.92 Å². The van der Waals surface area contributed by atoms with Gasteiger partial charge in [0.2, 0.25) is 5.91 Å². The van der Waals surface area contributed by atoms with Crippen molar-refractivity contribution in [1.82, 2.24) is 4.90 Å². The number of nitrogens with zero attached hydrogens (tertiary/aromatic N) is 2. The van der Waals surface area contributed by atoms with E-state index in [9.17, 15) is 23.3 Å². The highest BCUT2D eigenvalue weighted by Crippen LogP contribution is 2.22. The van der Waals surface area contributed by atoms with E-state index in [1.165, 1.54) is 16.2 Å². The van der Waals surface area contributed by atoms with E-state index >= 15 is 0 Å². The van der Waals surface area contributed by atoms with Crippen molar-refractivity contribution in [1.29, 1.82) is 5.26 Å². The number of nitriles is 1. The Morgan fingerprint density at radius 3 is 2.59 bits per heavy atom. The molecule has 1 atom stereocenters. The number of ketones is 1. The Morgan fingerprint density at radius 2 is 2.05 bits per heavy atom. The molecule has 0 bridgehead atoms. The van der Waals surface area contributed by atoms with Crippen molar-refractivity contribution in [3.05, 3.63) is 21.9 Å². The summed E-state index contributed by atoms with van der Waals surface area (Å²) in [7, 11) is -3.12. The molecule has 1 amide bonds. The van der Waals surface area contributed by atoms with E-state index in [-0.39, 0.29) is 24.6 Å². The van der Waals surface area contributed by atoms with Crippen LogP contribution in [0.15, 0.2) is 11.4 Å². The molecular weight excluding hydrogens is 324 g/mol. The van der Waals surface area contributed by atoms with Gasteiger partial charge in [0, 0.05) is 13.1 Å². The molecule has 1 aromatic rings. The quantitative estimate of drug-likeness (QED) is 0.599. The summed E-state index contributed by atoms with van der Waals surface area (Å²) in [4.78, 5) is 26.6. The van der Waals surface area contributed by atoms with Crippen LogP contribution in [0.1, 0.15) is 22.2 Å². The molecule has 0 N–H and O–H groups in total. The Bertz CT molecular complexity index is 716. The van der Waals surface area contributed by atoms with Gasteiger partial charge in [-0.05, 0) is 23.4 Å². The minimum Gasteiger partial charge on any atom is -0.339 e. The highest BCUT2D eigenvalue weighted by Gasteiger charge is 2.35. The highest BCUT2D eigenvalue weighted by molar-refractivity contribution is 7.91. The molecule has 0 spiro atoms. The fourth-order valence-electron chi connectivity index (χ4n) is 2.30. The summed E-state index contributed by atoms with van der Waals surface area (Å²) in [5, 5.41) is 11.0. The zero-order chi connectivity index (χ0) is 16.3. The molecule has 1 fully saturated rings. The Balaban J connectivity index is 2.17. The Hall–Kier alpha value is -1.72. The lowest BCUT2D eigenvalue weighted by Gasteiger charge is -2.27. The molecule has 6 nitrogen and oxygen atoms in total. The zero-order valence-corrected chi connectivity index (χ0v) is 13.7. The number of rotatable bonds is 4. The van der Waals surface area contributed by atoms with E-state index in [0.29, 0.717) is 11.3 Å². The Kier molecular flexibility index (Phi) is 4.98. The van der Waals surface area contributed by atoms with Gasteiger partial charge < -0.3 is 4.90 Å². The second kappa shape index (κ2) is 6.58. The van der Waals surface area contributed by atoms with Crippen LogP contribution in [0.3, 0.4) is 0 Å². The Morgan fingerprint density at radius 1 is 1.41 bits per heavy atom. The van der Waals surface area contributed by atoms with Crippen LogP contribution in [0.4, 0.5) is 0 Å². The average molecular weight is 340 g/mol. The maximum absolute atomic E-state index is 12.5. The van der Waals surface area contributed by atoms with Crippen LogP contribution < -0.4 is 0 Å². The lowest BCUT2D eigenvalue weighted by molar-refractivity contribution is -0.132. The molecule has 0 aromatic carbocycles. The van der Waals surface area contributed by atoms with Gasteiger partial charge in [0.15, 0.2) is 21.5 Å². The number of hydrogen-bond acceptors (Lipinski definition) is 6. The van der Waals surface area contributed by atoms with Crippen molar-refractivity contribution in [3.63, 3.8) is 0 Å². The lowest BCUT2D eigenvalue weighted by Crippen LogP contribution is -2.47. The van der Waals surface area contributed by atoms with Crippen molar-refractivity contribution >= 4 is 32.9 Å². The van der Waals surface area contributed by atoms with Crippen LogP contribution in [-0.4, -0.2) is 49.6 Å². The SMILES string of the molecule is CCc1ccsc1C(=O)C(C#N)C(=O)N1CCS(=O)(=O)CC1. The van der Waals surface area contributed by atoms with E-state index < -0.39 is 27.4 Å². The van der Waals surface area contributed by atoms with E-state index in [2.05, 4.69) is 0 Å². The summed E-state index contributed by atoms with van der Waals surface area (Å²) in [6.45, 7) is 1.98. The van der Waals surface area contributed by atoms with Gasteiger partial charge >= 0.3 is 0 Å². The molecule has 1 unspecified atom stereocenters. The number of sulfone groups is 1. The molecule has 8 heteroatoms. The second-order valence-electron chi connectivity index (χ2n) is 5.03. The first-order chi connectivity index (χ1) is 10.4. The summed E-state index contributed by atoms with van der Waals surface area (Å²) >= 11 is 1.22. The molecule has 0 aliphatic carbocycles. The predicted octanol–water partition coefficient (Wildman–Crippen LogP) is 0.890. The molecule has 0 radical (unpaired) electrons. The fourth-order valence-corrected chi connectivity index (χ4v) is 4.47. The van der Waals surface area contributed by atoms with Crippen molar-refractivity contribution < 1.29 is 18.0 Å². The van der Waals surface area contributed by atoms with Gasteiger partial charge in [0.25, 0.3) is 0 Å². The maximum Gasteiger partial charge on any atom is 0.248 e. The molecule has 1 saturated heterocycles. The zero-order valence-electron chi connectivity index (χ0n) is 12.1. The van der Waals surface area contributed by atoms with Gasteiger partial charge in [-0.3, -0.25) is 9.59 Å². The molecule has 118 valence electrons. The average Bonchev–Trinajstić information content (AvgIpc) is 2.96. The van der Waals surface area contributed by atoms with Crippen LogP contribution in [0.25, 0.3) is 0 Å². The molecule has 1 aliphatic rings. The van der Waals surface area contributed by atoms with Crippen molar-refractivity contribution in [2.75, 3.05) is 24.6 Å². The molecular formula is C14H16N2O4S2. The minimum atomic E-state index is -3.12. The monoisotopic (exact) mass is 340 g/mol. The first-order valence-electron chi connectivity index (χ1n) is 6.89. The summed E-state index contributed by atoms with van der Waals surface area (Å²) in [6, 6.07) is 3.59. The number of carbonyl (C=O) groups is 2. The third-order valence-corrected chi connectivity index (χ3v) is 6.23. The molecule has 0 saturated carbocycles. The van der Waals surface area contributed by atoms with Gasteiger partial charge in [-0.2, -0.15) is 5.26 Å². The summed E-state index contributed by atoms with van der Waals surface area (Å²) in [5.41, 5.74) is 0.823. The number of Topliss-reactive ketones (excluding diaryl/α,β-unsaturated/α-hetero) is 1. The summed E-state index contributed by atoms with van der Waals surface area (Å²) in [5.74, 6) is -2.73. The second-order valence-corrected chi connectivity index (χ2v) is 8.25. The van der Waals surface area contributed by atoms with Crippen molar-refractivity contribution in [3.8, 4) is 6.07 Å². The van der Waals surface area contributed by atoms with Crippen LogP contribution in [-0.2, 0) is 21.1 Å². The standard InChI is InChI=1S/C14H16N2O4S2/c1-2-10-3-6-21-13(10)12(17)11(9-15)14(18)16-4-7-22(19,20)8-5-16/h3,6,11H,2,4-5,7-8H2,1H3. The van der Waals surface area contributed by atoms with E-state index in [1.54, 1.807) is 11.4 Å². The van der Waals surface area contributed by atoms with Gasteiger partial charge in [-0.25, -0.2) is 8.42 Å². The minimum absolute atomic E-state index is 0.0394. The van der Waals surface area contributed by atoms with Crippen LogP contribution >= 0.6 is 11.3 Å².